The standard InChI is InChI=1S/C36H55BO2S3/c1-8-11-14-17-20-27-23-24-40-32(27)30-25-28(21-18-15-12-9-2)33(41-30)31-26-29(22-19-16-13-10-3)34(42-31)37-38-35(4,5)36(6,7)39-37/h23-26H,8-22H2,1-7H3. The van der Waals surface area contributed by atoms with E-state index in [1.165, 1.54) is 125 Å². The summed E-state index contributed by atoms with van der Waals surface area (Å²) < 4.78 is 14.5. The van der Waals surface area contributed by atoms with E-state index >= 15 is 0 Å². The van der Waals surface area contributed by atoms with Crippen LogP contribution in [-0.2, 0) is 28.6 Å². The summed E-state index contributed by atoms with van der Waals surface area (Å²) in [7, 11) is -0.283. The van der Waals surface area contributed by atoms with Gasteiger partial charge in [0.2, 0.25) is 0 Å². The van der Waals surface area contributed by atoms with Crippen molar-refractivity contribution in [3.63, 3.8) is 0 Å². The first-order valence-corrected chi connectivity index (χ1v) is 19.4. The van der Waals surface area contributed by atoms with Crippen molar-refractivity contribution in [2.45, 2.75) is 156 Å². The molecule has 0 atom stereocenters. The van der Waals surface area contributed by atoms with Gasteiger partial charge >= 0.3 is 7.12 Å². The van der Waals surface area contributed by atoms with E-state index in [4.69, 9.17) is 9.31 Å². The molecule has 1 aliphatic rings. The van der Waals surface area contributed by atoms with Crippen LogP contribution in [0.15, 0.2) is 23.6 Å². The summed E-state index contributed by atoms with van der Waals surface area (Å²) >= 11 is 5.89. The summed E-state index contributed by atoms with van der Waals surface area (Å²) in [6.45, 7) is 15.6. The number of unbranched alkanes of at least 4 members (excludes halogenated alkanes) is 9. The Morgan fingerprint density at radius 1 is 0.595 bits per heavy atom. The molecule has 4 rings (SSSR count). The fraction of sp³-hybridized carbons (Fsp3) is 0.667. The molecule has 0 unspecified atom stereocenters. The van der Waals surface area contributed by atoms with Gasteiger partial charge in [-0.3, -0.25) is 0 Å². The van der Waals surface area contributed by atoms with E-state index in [1.54, 1.807) is 5.56 Å². The monoisotopic (exact) mass is 626 g/mol. The summed E-state index contributed by atoms with van der Waals surface area (Å²) in [5, 5.41) is 2.31. The van der Waals surface area contributed by atoms with E-state index in [-0.39, 0.29) is 18.3 Å². The zero-order valence-corrected chi connectivity index (χ0v) is 30.0. The minimum atomic E-state index is -0.325. The summed E-state index contributed by atoms with van der Waals surface area (Å²) in [6, 6.07) is 7.42. The van der Waals surface area contributed by atoms with Gasteiger partial charge in [0.05, 0.1) is 11.2 Å². The smallest absolute Gasteiger partial charge is 0.399 e. The number of hydrogen-bond donors (Lipinski definition) is 0. The van der Waals surface area contributed by atoms with Crippen LogP contribution in [0, 0.1) is 0 Å². The highest BCUT2D eigenvalue weighted by molar-refractivity contribution is 7.30. The zero-order chi connectivity index (χ0) is 30.2. The van der Waals surface area contributed by atoms with Crippen LogP contribution < -0.4 is 4.78 Å². The predicted molar refractivity (Wildman–Crippen MR) is 190 cm³/mol. The van der Waals surface area contributed by atoms with Gasteiger partial charge in [0.15, 0.2) is 0 Å². The predicted octanol–water partition coefficient (Wildman–Crippen LogP) is 11.9. The second-order valence-electron chi connectivity index (χ2n) is 13.3. The first-order chi connectivity index (χ1) is 20.2. The number of thiophene rings is 3. The Balaban J connectivity index is 1.68. The molecule has 0 aromatic carbocycles. The van der Waals surface area contributed by atoms with Crippen LogP contribution in [0.1, 0.15) is 142 Å². The van der Waals surface area contributed by atoms with Crippen LogP contribution in [0.3, 0.4) is 0 Å². The molecule has 0 spiro atoms. The highest BCUT2D eigenvalue weighted by atomic mass is 32.1. The molecule has 3 aromatic rings. The lowest BCUT2D eigenvalue weighted by molar-refractivity contribution is 0.00578. The minimum Gasteiger partial charge on any atom is -0.399 e. The van der Waals surface area contributed by atoms with Crippen molar-refractivity contribution in [3.8, 4) is 19.5 Å². The molecular formula is C36H55BO2S3. The van der Waals surface area contributed by atoms with Crippen molar-refractivity contribution in [1.29, 1.82) is 0 Å². The van der Waals surface area contributed by atoms with Crippen molar-refractivity contribution < 1.29 is 9.31 Å². The zero-order valence-electron chi connectivity index (χ0n) is 27.5. The van der Waals surface area contributed by atoms with Gasteiger partial charge in [-0.1, -0.05) is 78.6 Å². The van der Waals surface area contributed by atoms with E-state index in [1.807, 2.05) is 34.0 Å². The number of rotatable bonds is 18. The highest BCUT2D eigenvalue weighted by Gasteiger charge is 2.52. The molecule has 4 heterocycles. The van der Waals surface area contributed by atoms with Gasteiger partial charge in [-0.25, -0.2) is 0 Å². The molecule has 0 bridgehead atoms. The molecule has 42 heavy (non-hydrogen) atoms. The Kier molecular flexibility index (Phi) is 12.8. The van der Waals surface area contributed by atoms with Crippen LogP contribution >= 0.6 is 34.0 Å². The Morgan fingerprint density at radius 2 is 1.10 bits per heavy atom. The van der Waals surface area contributed by atoms with Crippen molar-refractivity contribution >= 4 is 45.9 Å². The molecule has 0 aliphatic carbocycles. The van der Waals surface area contributed by atoms with E-state index in [0.29, 0.717) is 0 Å². The maximum Gasteiger partial charge on any atom is 0.505 e. The summed E-state index contributed by atoms with van der Waals surface area (Å²) in [5.74, 6) is 0. The molecule has 0 amide bonds. The minimum absolute atomic E-state index is 0.283. The quantitative estimate of drug-likeness (QED) is 0.103. The average molecular weight is 627 g/mol. The first kappa shape index (κ1) is 34.0. The van der Waals surface area contributed by atoms with Crippen LogP contribution in [0.25, 0.3) is 19.5 Å². The Bertz CT molecular complexity index is 1220. The van der Waals surface area contributed by atoms with E-state index in [0.717, 1.165) is 6.42 Å². The van der Waals surface area contributed by atoms with Crippen molar-refractivity contribution in [3.05, 3.63) is 40.3 Å². The van der Waals surface area contributed by atoms with E-state index < -0.39 is 0 Å². The fourth-order valence-electron chi connectivity index (χ4n) is 5.81. The van der Waals surface area contributed by atoms with Crippen molar-refractivity contribution in [1.82, 2.24) is 0 Å². The molecule has 0 radical (unpaired) electrons. The molecule has 0 N–H and O–H groups in total. The Morgan fingerprint density at radius 3 is 1.67 bits per heavy atom. The third kappa shape index (κ3) is 8.41. The molecule has 6 heteroatoms. The fourth-order valence-corrected chi connectivity index (χ4v) is 9.44. The largest absolute Gasteiger partial charge is 0.505 e. The van der Waals surface area contributed by atoms with Gasteiger partial charge in [0.1, 0.15) is 0 Å². The first-order valence-electron chi connectivity index (χ1n) is 16.9. The number of hydrogen-bond acceptors (Lipinski definition) is 5. The second-order valence-corrected chi connectivity index (χ2v) is 16.3. The lowest BCUT2D eigenvalue weighted by Gasteiger charge is -2.32. The molecule has 0 saturated carbocycles. The molecule has 232 valence electrons. The summed E-state index contributed by atoms with van der Waals surface area (Å²) in [4.78, 5) is 5.86. The number of aryl methyl sites for hydroxylation is 3. The van der Waals surface area contributed by atoms with Crippen LogP contribution in [0.2, 0.25) is 0 Å². The van der Waals surface area contributed by atoms with Gasteiger partial charge in [-0.2, -0.15) is 0 Å². The van der Waals surface area contributed by atoms with Crippen molar-refractivity contribution in [2.24, 2.45) is 0 Å². The molecule has 1 saturated heterocycles. The molecule has 3 aromatic heterocycles. The highest BCUT2D eigenvalue weighted by Crippen LogP contribution is 2.45. The van der Waals surface area contributed by atoms with Crippen LogP contribution in [0.4, 0.5) is 0 Å². The van der Waals surface area contributed by atoms with Gasteiger partial charge < -0.3 is 9.31 Å². The lowest BCUT2D eigenvalue weighted by Crippen LogP contribution is -2.41. The third-order valence-electron chi connectivity index (χ3n) is 9.21. The maximum atomic E-state index is 6.62. The second kappa shape index (κ2) is 15.9. The molecular weight excluding hydrogens is 571 g/mol. The molecule has 1 fully saturated rings. The van der Waals surface area contributed by atoms with Crippen LogP contribution in [0.5, 0.6) is 0 Å². The van der Waals surface area contributed by atoms with Crippen molar-refractivity contribution in [2.75, 3.05) is 0 Å². The summed E-state index contributed by atoms with van der Waals surface area (Å²) in [5.41, 5.74) is 3.87. The maximum absolute atomic E-state index is 6.62. The van der Waals surface area contributed by atoms with Gasteiger partial charge in [-0.15, -0.1) is 34.0 Å². The topological polar surface area (TPSA) is 18.5 Å². The van der Waals surface area contributed by atoms with Gasteiger partial charge in [0, 0.05) is 24.3 Å². The molecule has 2 nitrogen and oxygen atoms in total. The lowest BCUT2D eigenvalue weighted by atomic mass is 9.83. The van der Waals surface area contributed by atoms with E-state index in [9.17, 15) is 0 Å². The van der Waals surface area contributed by atoms with E-state index in [2.05, 4.69) is 72.0 Å². The van der Waals surface area contributed by atoms with Gasteiger partial charge in [-0.05, 0) is 106 Å². The Hall–Kier alpha value is -0.915. The SMILES string of the molecule is CCCCCCc1cc(-c2sc(-c3sccc3CCCCCC)cc2CCCCCC)sc1B1OC(C)(C)C(C)(C)O1. The third-order valence-corrected chi connectivity index (χ3v) is 12.9. The summed E-state index contributed by atoms with van der Waals surface area (Å²) in [6.07, 6.45) is 19.0. The Labute approximate surface area is 269 Å². The van der Waals surface area contributed by atoms with Crippen LogP contribution in [-0.4, -0.2) is 18.3 Å². The average Bonchev–Trinajstić information content (AvgIpc) is 3.72. The van der Waals surface area contributed by atoms with Gasteiger partial charge in [0.25, 0.3) is 0 Å². The molecule has 1 aliphatic heterocycles. The normalized spacial score (nSPS) is 16.1.